The Morgan fingerprint density at radius 2 is 1.68 bits per heavy atom. The molecule has 1 saturated heterocycles. The third-order valence-corrected chi connectivity index (χ3v) is 8.36. The second-order valence-electron chi connectivity index (χ2n) is 7.74. The molecule has 1 unspecified atom stereocenters. The Hall–Kier alpha value is -2.66. The summed E-state index contributed by atoms with van der Waals surface area (Å²) in [7, 11) is -3.63. The van der Waals surface area contributed by atoms with Gasteiger partial charge >= 0.3 is 6.03 Å². The highest BCUT2D eigenvalue weighted by Gasteiger charge is 2.49. The maximum Gasteiger partial charge on any atom is 0.325 e. The minimum atomic E-state index is -3.63. The van der Waals surface area contributed by atoms with E-state index in [1.54, 1.807) is 19.9 Å². The number of imide groups is 1. The van der Waals surface area contributed by atoms with Gasteiger partial charge in [-0.3, -0.25) is 14.5 Å². The van der Waals surface area contributed by atoms with Crippen molar-refractivity contribution < 1.29 is 22.8 Å². The minimum absolute atomic E-state index is 0.0979. The molecule has 1 fully saturated rings. The third-order valence-electron chi connectivity index (χ3n) is 5.55. The zero-order valence-electron chi connectivity index (χ0n) is 18.8. The number of sulfonamides is 1. The van der Waals surface area contributed by atoms with E-state index in [1.807, 2.05) is 0 Å². The van der Waals surface area contributed by atoms with E-state index in [0.717, 1.165) is 4.90 Å². The van der Waals surface area contributed by atoms with E-state index >= 15 is 0 Å². The van der Waals surface area contributed by atoms with Gasteiger partial charge in [-0.1, -0.05) is 43.1 Å². The molecule has 1 atom stereocenters. The zero-order chi connectivity index (χ0) is 25.3. The molecule has 1 heterocycles. The number of hydrogen-bond acceptors (Lipinski definition) is 5. The maximum absolute atomic E-state index is 13.0. The van der Waals surface area contributed by atoms with Crippen molar-refractivity contribution in [2.24, 2.45) is 0 Å². The average Bonchev–Trinajstić information content (AvgIpc) is 3.00. The molecular weight excluding hydrogens is 503 g/mol. The molecule has 12 heteroatoms. The van der Waals surface area contributed by atoms with Crippen molar-refractivity contribution in [3.8, 4) is 0 Å². The molecule has 0 aromatic heterocycles. The van der Waals surface area contributed by atoms with Crippen molar-refractivity contribution in [1.29, 1.82) is 0 Å². The van der Waals surface area contributed by atoms with Crippen molar-refractivity contribution in [3.63, 3.8) is 0 Å². The monoisotopic (exact) mass is 526 g/mol. The molecule has 3 rings (SSSR count). The van der Waals surface area contributed by atoms with Gasteiger partial charge in [0, 0.05) is 18.8 Å². The van der Waals surface area contributed by atoms with E-state index in [-0.39, 0.29) is 9.92 Å². The first-order chi connectivity index (χ1) is 15.9. The fraction of sp³-hybridized carbons (Fsp3) is 0.318. The lowest BCUT2D eigenvalue weighted by Gasteiger charge is -2.22. The lowest BCUT2D eigenvalue weighted by Crippen LogP contribution is -2.42. The van der Waals surface area contributed by atoms with Gasteiger partial charge in [-0.2, -0.15) is 4.31 Å². The van der Waals surface area contributed by atoms with Crippen LogP contribution in [0.5, 0.6) is 0 Å². The second-order valence-corrected chi connectivity index (χ2v) is 10.5. The van der Waals surface area contributed by atoms with Gasteiger partial charge in [0.1, 0.15) is 12.1 Å². The number of anilines is 1. The predicted molar refractivity (Wildman–Crippen MR) is 129 cm³/mol. The highest BCUT2D eigenvalue weighted by molar-refractivity contribution is 7.89. The molecule has 0 bridgehead atoms. The quantitative estimate of drug-likeness (QED) is 0.511. The van der Waals surface area contributed by atoms with Crippen LogP contribution in [0.2, 0.25) is 10.0 Å². The van der Waals surface area contributed by atoms with Gasteiger partial charge in [0.2, 0.25) is 15.9 Å². The normalized spacial score (nSPS) is 18.4. The fourth-order valence-corrected chi connectivity index (χ4v) is 5.37. The van der Waals surface area contributed by atoms with E-state index in [2.05, 4.69) is 10.6 Å². The van der Waals surface area contributed by atoms with Crippen LogP contribution in [0.3, 0.4) is 0 Å². The molecule has 34 heavy (non-hydrogen) atoms. The number of rotatable bonds is 8. The molecule has 1 aliphatic heterocycles. The smallest absolute Gasteiger partial charge is 0.325 e. The Balaban J connectivity index is 1.71. The van der Waals surface area contributed by atoms with Crippen molar-refractivity contribution in [3.05, 3.63) is 58.1 Å². The van der Waals surface area contributed by atoms with E-state index in [4.69, 9.17) is 23.2 Å². The number of amides is 4. The molecule has 0 aliphatic carbocycles. The summed E-state index contributed by atoms with van der Waals surface area (Å²) in [6, 6.07) is 9.51. The van der Waals surface area contributed by atoms with Crippen LogP contribution in [0.15, 0.2) is 47.4 Å². The first kappa shape index (κ1) is 26.0. The number of halogens is 2. The minimum Gasteiger partial charge on any atom is -0.325 e. The van der Waals surface area contributed by atoms with Crippen LogP contribution in [-0.4, -0.2) is 55.1 Å². The number of urea groups is 1. The lowest BCUT2D eigenvalue weighted by molar-refractivity contribution is -0.133. The summed E-state index contributed by atoms with van der Waals surface area (Å²) in [5.74, 6) is -1.24. The summed E-state index contributed by atoms with van der Waals surface area (Å²) in [5.41, 5.74) is -0.664. The molecule has 182 valence electrons. The van der Waals surface area contributed by atoms with E-state index in [1.165, 1.54) is 47.6 Å². The summed E-state index contributed by atoms with van der Waals surface area (Å²) >= 11 is 12.0. The third kappa shape index (κ3) is 4.90. The largest absolute Gasteiger partial charge is 0.325 e. The van der Waals surface area contributed by atoms with Gasteiger partial charge in [-0.15, -0.1) is 0 Å². The molecule has 9 nitrogen and oxygen atoms in total. The first-order valence-corrected chi connectivity index (χ1v) is 12.6. The highest BCUT2D eigenvalue weighted by Crippen LogP contribution is 2.33. The van der Waals surface area contributed by atoms with Crippen molar-refractivity contribution in [2.45, 2.75) is 31.2 Å². The van der Waals surface area contributed by atoms with Crippen LogP contribution in [0.1, 0.15) is 26.3 Å². The molecule has 2 aromatic rings. The standard InChI is InChI=1S/C22H24Cl2N4O5S/c1-4-27(5-2)34(32,33)16-9-7-15(8-10-16)25-19(29)13-28-20(30)22(3,26-21(28)31)14-6-11-17(23)18(24)12-14/h6-12H,4-5,13H2,1-3H3,(H,25,29)(H,26,31). The van der Waals surface area contributed by atoms with Crippen LogP contribution < -0.4 is 10.6 Å². The molecule has 0 radical (unpaired) electrons. The Labute approximate surface area is 208 Å². The Kier molecular flexibility index (Phi) is 7.56. The SMILES string of the molecule is CCN(CC)S(=O)(=O)c1ccc(NC(=O)CN2C(=O)NC(C)(c3ccc(Cl)c(Cl)c3)C2=O)cc1. The molecule has 0 spiro atoms. The lowest BCUT2D eigenvalue weighted by atomic mass is 9.92. The van der Waals surface area contributed by atoms with Gasteiger partial charge in [0.15, 0.2) is 0 Å². The van der Waals surface area contributed by atoms with E-state index < -0.39 is 40.0 Å². The van der Waals surface area contributed by atoms with Crippen LogP contribution in [0, 0.1) is 0 Å². The summed E-state index contributed by atoms with van der Waals surface area (Å²) < 4.78 is 26.5. The van der Waals surface area contributed by atoms with Crippen LogP contribution in [0.4, 0.5) is 10.5 Å². The van der Waals surface area contributed by atoms with Crippen molar-refractivity contribution in [2.75, 3.05) is 25.0 Å². The summed E-state index contributed by atoms with van der Waals surface area (Å²) in [6.07, 6.45) is 0. The van der Waals surface area contributed by atoms with Gasteiger partial charge < -0.3 is 10.6 Å². The molecule has 4 amide bonds. The fourth-order valence-electron chi connectivity index (χ4n) is 3.61. The first-order valence-electron chi connectivity index (χ1n) is 10.4. The Morgan fingerprint density at radius 1 is 1.06 bits per heavy atom. The highest BCUT2D eigenvalue weighted by atomic mass is 35.5. The van der Waals surface area contributed by atoms with E-state index in [0.29, 0.717) is 29.4 Å². The summed E-state index contributed by atoms with van der Waals surface area (Å²) in [6.45, 7) is 5.16. The van der Waals surface area contributed by atoms with Gasteiger partial charge in [0.05, 0.1) is 14.9 Å². The number of carbonyl (C=O) groups excluding carboxylic acids is 3. The molecule has 2 aromatic carbocycles. The summed E-state index contributed by atoms with van der Waals surface area (Å²) in [4.78, 5) is 38.9. The number of benzene rings is 2. The number of hydrogen-bond donors (Lipinski definition) is 2. The summed E-state index contributed by atoms with van der Waals surface area (Å²) in [5, 5.41) is 5.69. The topological polar surface area (TPSA) is 116 Å². The van der Waals surface area contributed by atoms with Gasteiger partial charge in [-0.05, 0) is 48.9 Å². The second kappa shape index (κ2) is 9.91. The van der Waals surface area contributed by atoms with Crippen LogP contribution in [0.25, 0.3) is 0 Å². The zero-order valence-corrected chi connectivity index (χ0v) is 21.1. The van der Waals surface area contributed by atoms with Gasteiger partial charge in [-0.25, -0.2) is 13.2 Å². The molecule has 1 aliphatic rings. The molecule has 2 N–H and O–H groups in total. The van der Waals surface area contributed by atoms with Crippen LogP contribution >= 0.6 is 23.2 Å². The Morgan fingerprint density at radius 3 is 2.24 bits per heavy atom. The predicted octanol–water partition coefficient (Wildman–Crippen LogP) is 3.43. The average molecular weight is 527 g/mol. The van der Waals surface area contributed by atoms with E-state index in [9.17, 15) is 22.8 Å². The van der Waals surface area contributed by atoms with Crippen molar-refractivity contribution in [1.82, 2.24) is 14.5 Å². The number of carbonyl (C=O) groups is 3. The van der Waals surface area contributed by atoms with Gasteiger partial charge in [0.25, 0.3) is 5.91 Å². The van der Waals surface area contributed by atoms with Crippen molar-refractivity contribution >= 4 is 56.8 Å². The maximum atomic E-state index is 13.0. The Bertz CT molecular complexity index is 1230. The van der Waals surface area contributed by atoms with Crippen LogP contribution in [-0.2, 0) is 25.2 Å². The molecular formula is C22H24Cl2N4O5S. The molecule has 0 saturated carbocycles. The number of nitrogens with one attached hydrogen (secondary N) is 2. The number of nitrogens with zero attached hydrogens (tertiary/aromatic N) is 2.